The molecule has 5 heteroatoms. The summed E-state index contributed by atoms with van der Waals surface area (Å²) >= 11 is 1.54. The molecule has 24 heavy (non-hydrogen) atoms. The summed E-state index contributed by atoms with van der Waals surface area (Å²) in [6.45, 7) is 4.49. The van der Waals surface area contributed by atoms with Crippen molar-refractivity contribution in [3.63, 3.8) is 0 Å². The first-order chi connectivity index (χ1) is 11.6. The van der Waals surface area contributed by atoms with E-state index in [0.29, 0.717) is 6.54 Å². The molecule has 1 atom stereocenters. The monoisotopic (exact) mass is 344 g/mol. The van der Waals surface area contributed by atoms with Crippen molar-refractivity contribution in [3.8, 4) is 0 Å². The van der Waals surface area contributed by atoms with Crippen LogP contribution in [0.4, 0.5) is 0 Å². The van der Waals surface area contributed by atoms with Gasteiger partial charge in [0.1, 0.15) is 0 Å². The normalized spacial score (nSPS) is 17.6. The van der Waals surface area contributed by atoms with Crippen LogP contribution < -0.4 is 5.32 Å². The van der Waals surface area contributed by atoms with Crippen molar-refractivity contribution in [1.29, 1.82) is 0 Å². The summed E-state index contributed by atoms with van der Waals surface area (Å²) in [4.78, 5) is 14.4. The molecule has 3 rings (SSSR count). The summed E-state index contributed by atoms with van der Waals surface area (Å²) in [7, 11) is 0. The lowest BCUT2D eigenvalue weighted by Crippen LogP contribution is -2.45. The van der Waals surface area contributed by atoms with E-state index in [1.165, 1.54) is 16.9 Å². The number of aliphatic hydroxyl groups excluding tert-OH is 1. The SMILES string of the molecule is Cc1cccc(C(O)CN2CCC(NC(=O)c3ccsc3)CC2)c1. The first kappa shape index (κ1) is 17.1. The maximum atomic E-state index is 12.1. The van der Waals surface area contributed by atoms with Crippen LogP contribution in [0.5, 0.6) is 0 Å². The van der Waals surface area contributed by atoms with E-state index in [1.54, 1.807) is 0 Å². The molecule has 0 saturated carbocycles. The Labute approximate surface area is 147 Å². The Morgan fingerprint density at radius 1 is 1.38 bits per heavy atom. The molecule has 0 bridgehead atoms. The molecule has 1 fully saturated rings. The number of aliphatic hydroxyl groups is 1. The quantitative estimate of drug-likeness (QED) is 0.877. The van der Waals surface area contributed by atoms with Gasteiger partial charge in [0.15, 0.2) is 0 Å². The second kappa shape index (κ2) is 7.92. The fourth-order valence-corrected chi connectivity index (χ4v) is 3.79. The Bertz CT molecular complexity index is 664. The first-order valence-corrected chi connectivity index (χ1v) is 9.36. The molecule has 2 heterocycles. The van der Waals surface area contributed by atoms with Crippen LogP contribution in [0.15, 0.2) is 41.1 Å². The number of rotatable bonds is 5. The van der Waals surface area contributed by atoms with Crippen LogP contribution in [-0.2, 0) is 0 Å². The van der Waals surface area contributed by atoms with Crippen LogP contribution in [0.2, 0.25) is 0 Å². The van der Waals surface area contributed by atoms with Crippen molar-refractivity contribution in [2.24, 2.45) is 0 Å². The summed E-state index contributed by atoms with van der Waals surface area (Å²) in [5, 5.41) is 17.3. The molecule has 2 aromatic rings. The van der Waals surface area contributed by atoms with E-state index in [9.17, 15) is 9.90 Å². The van der Waals surface area contributed by atoms with Crippen molar-refractivity contribution >= 4 is 17.2 Å². The average molecular weight is 344 g/mol. The lowest BCUT2D eigenvalue weighted by atomic mass is 10.0. The number of hydrogen-bond acceptors (Lipinski definition) is 4. The highest BCUT2D eigenvalue weighted by molar-refractivity contribution is 7.08. The molecule has 0 spiro atoms. The van der Waals surface area contributed by atoms with Crippen molar-refractivity contribution in [3.05, 3.63) is 57.8 Å². The highest BCUT2D eigenvalue weighted by Gasteiger charge is 2.23. The van der Waals surface area contributed by atoms with Gasteiger partial charge in [-0.15, -0.1) is 0 Å². The van der Waals surface area contributed by atoms with Crippen LogP contribution in [0, 0.1) is 6.92 Å². The van der Waals surface area contributed by atoms with Gasteiger partial charge in [0.25, 0.3) is 5.91 Å². The van der Waals surface area contributed by atoms with Gasteiger partial charge < -0.3 is 15.3 Å². The molecule has 1 unspecified atom stereocenters. The topological polar surface area (TPSA) is 52.6 Å². The number of likely N-dealkylation sites (tertiary alicyclic amines) is 1. The summed E-state index contributed by atoms with van der Waals surface area (Å²) in [5.74, 6) is 0.0227. The number of carbonyl (C=O) groups is 1. The molecule has 1 aromatic heterocycles. The number of nitrogens with one attached hydrogen (secondary N) is 1. The fraction of sp³-hybridized carbons (Fsp3) is 0.421. The number of β-amino-alcohol motifs (C(OH)–C–C–N with tert-alkyl or cyclic N) is 1. The molecule has 128 valence electrons. The lowest BCUT2D eigenvalue weighted by Gasteiger charge is -2.33. The Hall–Kier alpha value is -1.69. The zero-order chi connectivity index (χ0) is 16.9. The Morgan fingerprint density at radius 3 is 2.83 bits per heavy atom. The zero-order valence-electron chi connectivity index (χ0n) is 13.9. The van der Waals surface area contributed by atoms with E-state index in [0.717, 1.165) is 37.1 Å². The minimum absolute atomic E-state index is 0.0227. The number of hydrogen-bond donors (Lipinski definition) is 2. The third kappa shape index (κ3) is 4.44. The summed E-state index contributed by atoms with van der Waals surface area (Å²) in [6, 6.07) is 10.1. The number of thiophene rings is 1. The van der Waals surface area contributed by atoms with E-state index < -0.39 is 6.10 Å². The zero-order valence-corrected chi connectivity index (χ0v) is 14.8. The van der Waals surface area contributed by atoms with Crippen LogP contribution in [0.25, 0.3) is 0 Å². The summed E-state index contributed by atoms with van der Waals surface area (Å²) in [6.07, 6.45) is 1.40. The third-order valence-electron chi connectivity index (χ3n) is 4.56. The second-order valence-corrected chi connectivity index (χ2v) is 7.27. The van der Waals surface area contributed by atoms with E-state index in [2.05, 4.69) is 10.2 Å². The van der Waals surface area contributed by atoms with Crippen LogP contribution >= 0.6 is 11.3 Å². The van der Waals surface area contributed by atoms with Gasteiger partial charge in [0.05, 0.1) is 6.10 Å². The van der Waals surface area contributed by atoms with E-state index in [4.69, 9.17) is 0 Å². The minimum atomic E-state index is -0.457. The highest BCUT2D eigenvalue weighted by atomic mass is 32.1. The average Bonchev–Trinajstić information content (AvgIpc) is 3.11. The second-order valence-electron chi connectivity index (χ2n) is 6.49. The van der Waals surface area contributed by atoms with Crippen molar-refractivity contribution in [2.45, 2.75) is 31.9 Å². The van der Waals surface area contributed by atoms with Gasteiger partial charge in [-0.2, -0.15) is 11.3 Å². The van der Waals surface area contributed by atoms with E-state index in [-0.39, 0.29) is 11.9 Å². The molecule has 0 aliphatic carbocycles. The molecular formula is C19H24N2O2S. The predicted molar refractivity (Wildman–Crippen MR) is 97.4 cm³/mol. The molecule has 1 amide bonds. The molecule has 4 nitrogen and oxygen atoms in total. The molecule has 1 aliphatic heterocycles. The van der Waals surface area contributed by atoms with Gasteiger partial charge in [0.2, 0.25) is 0 Å². The van der Waals surface area contributed by atoms with Gasteiger partial charge in [-0.3, -0.25) is 4.79 Å². The Morgan fingerprint density at radius 2 is 2.17 bits per heavy atom. The third-order valence-corrected chi connectivity index (χ3v) is 5.25. The molecule has 1 aromatic carbocycles. The van der Waals surface area contributed by atoms with Crippen LogP contribution in [0.3, 0.4) is 0 Å². The van der Waals surface area contributed by atoms with Gasteiger partial charge >= 0.3 is 0 Å². The highest BCUT2D eigenvalue weighted by Crippen LogP contribution is 2.19. The van der Waals surface area contributed by atoms with Crippen LogP contribution in [0.1, 0.15) is 40.4 Å². The standard InChI is InChI=1S/C19H24N2O2S/c1-14-3-2-4-15(11-14)18(22)12-21-8-5-17(6-9-21)20-19(23)16-7-10-24-13-16/h2-4,7,10-11,13,17-18,22H,5-6,8-9,12H2,1H3,(H,20,23). The summed E-state index contributed by atoms with van der Waals surface area (Å²) in [5.41, 5.74) is 2.89. The lowest BCUT2D eigenvalue weighted by molar-refractivity contribution is 0.0828. The molecule has 1 aliphatic rings. The van der Waals surface area contributed by atoms with Gasteiger partial charge in [-0.05, 0) is 36.8 Å². The van der Waals surface area contributed by atoms with Gasteiger partial charge in [-0.25, -0.2) is 0 Å². The predicted octanol–water partition coefficient (Wildman–Crippen LogP) is 2.98. The van der Waals surface area contributed by atoms with Crippen molar-refractivity contribution in [1.82, 2.24) is 10.2 Å². The molecule has 0 radical (unpaired) electrons. The number of carbonyl (C=O) groups excluding carboxylic acids is 1. The molecular weight excluding hydrogens is 320 g/mol. The number of nitrogens with zero attached hydrogens (tertiary/aromatic N) is 1. The van der Waals surface area contributed by atoms with Crippen LogP contribution in [-0.4, -0.2) is 41.6 Å². The number of amides is 1. The smallest absolute Gasteiger partial charge is 0.252 e. The Kier molecular flexibility index (Phi) is 5.66. The number of piperidine rings is 1. The molecule has 2 N–H and O–H groups in total. The van der Waals surface area contributed by atoms with E-state index >= 15 is 0 Å². The Balaban J connectivity index is 1.46. The van der Waals surface area contributed by atoms with Crippen molar-refractivity contribution < 1.29 is 9.90 Å². The van der Waals surface area contributed by atoms with Crippen molar-refractivity contribution in [2.75, 3.05) is 19.6 Å². The maximum absolute atomic E-state index is 12.1. The summed E-state index contributed by atoms with van der Waals surface area (Å²) < 4.78 is 0. The minimum Gasteiger partial charge on any atom is -0.387 e. The first-order valence-electron chi connectivity index (χ1n) is 8.42. The van der Waals surface area contributed by atoms with Gasteiger partial charge in [0, 0.05) is 36.6 Å². The van der Waals surface area contributed by atoms with Gasteiger partial charge in [-0.1, -0.05) is 29.8 Å². The number of benzene rings is 1. The van der Waals surface area contributed by atoms with E-state index in [1.807, 2.05) is 48.0 Å². The molecule has 1 saturated heterocycles. The number of aryl methyl sites for hydroxylation is 1. The largest absolute Gasteiger partial charge is 0.387 e. The maximum Gasteiger partial charge on any atom is 0.252 e. The fourth-order valence-electron chi connectivity index (χ4n) is 3.15.